The zero-order chi connectivity index (χ0) is 21.8. The minimum Gasteiger partial charge on any atom is -0.397 e. The van der Waals surface area contributed by atoms with Gasteiger partial charge in [0.2, 0.25) is 0 Å². The van der Waals surface area contributed by atoms with Gasteiger partial charge >= 0.3 is 0 Å². The van der Waals surface area contributed by atoms with E-state index in [1.54, 1.807) is 0 Å². The number of benzene rings is 1. The maximum absolute atomic E-state index is 13.3. The first-order valence-electron chi connectivity index (χ1n) is 10.3. The molecular weight excluding hydrogens is 434 g/mol. The number of halogens is 1. The van der Waals surface area contributed by atoms with E-state index in [0.29, 0.717) is 54.9 Å². The Labute approximate surface area is 189 Å². The first kappa shape index (κ1) is 20.7. The van der Waals surface area contributed by atoms with Crippen molar-refractivity contribution in [1.29, 1.82) is 0 Å². The Morgan fingerprint density at radius 2 is 1.94 bits per heavy atom. The van der Waals surface area contributed by atoms with E-state index in [0.717, 1.165) is 32.6 Å². The molecule has 0 spiro atoms. The van der Waals surface area contributed by atoms with Crippen LogP contribution in [0.15, 0.2) is 24.3 Å². The molecular formula is C23H24ClN3O3S. The number of nitrogen functional groups attached to an aromatic ring is 1. The van der Waals surface area contributed by atoms with E-state index in [1.165, 1.54) is 11.3 Å². The summed E-state index contributed by atoms with van der Waals surface area (Å²) in [5, 5.41) is 1.56. The molecule has 6 nitrogen and oxygen atoms in total. The Balaban J connectivity index is 1.72. The lowest BCUT2D eigenvalue weighted by atomic mass is 9.93. The van der Waals surface area contributed by atoms with Gasteiger partial charge in [0, 0.05) is 41.0 Å². The molecule has 1 fully saturated rings. The molecule has 31 heavy (non-hydrogen) atoms. The molecule has 162 valence electrons. The summed E-state index contributed by atoms with van der Waals surface area (Å²) in [5.74, 6) is -0.0464. The van der Waals surface area contributed by atoms with Gasteiger partial charge in [-0.15, -0.1) is 11.3 Å². The topological polar surface area (TPSA) is 77.7 Å². The van der Waals surface area contributed by atoms with Crippen molar-refractivity contribution in [1.82, 2.24) is 9.88 Å². The zero-order valence-corrected chi connectivity index (χ0v) is 19.1. The third-order valence-electron chi connectivity index (χ3n) is 5.87. The van der Waals surface area contributed by atoms with Crippen molar-refractivity contribution in [3.8, 4) is 11.3 Å². The van der Waals surface area contributed by atoms with Crippen LogP contribution in [0.4, 0.5) is 5.69 Å². The highest BCUT2D eigenvalue weighted by molar-refractivity contribution is 7.22. The predicted molar refractivity (Wildman–Crippen MR) is 124 cm³/mol. The van der Waals surface area contributed by atoms with Crippen LogP contribution in [-0.4, -0.2) is 47.7 Å². The summed E-state index contributed by atoms with van der Waals surface area (Å²) in [7, 11) is 0. The normalized spacial score (nSPS) is 18.2. The fourth-order valence-electron chi connectivity index (χ4n) is 4.20. The molecule has 0 saturated carbocycles. The summed E-state index contributed by atoms with van der Waals surface area (Å²) in [6.07, 6.45) is 0.681. The molecule has 1 amide bonds. The van der Waals surface area contributed by atoms with Crippen molar-refractivity contribution in [2.45, 2.75) is 32.5 Å². The first-order chi connectivity index (χ1) is 14.8. The van der Waals surface area contributed by atoms with Crippen LogP contribution in [0.25, 0.3) is 21.3 Å². The molecule has 2 aliphatic rings. The predicted octanol–water partition coefficient (Wildman–Crippen LogP) is 4.52. The molecule has 3 aromatic rings. The van der Waals surface area contributed by atoms with Crippen LogP contribution in [0.1, 0.15) is 34.8 Å². The molecule has 2 aliphatic heterocycles. The molecule has 5 rings (SSSR count). The Kier molecular flexibility index (Phi) is 5.17. The van der Waals surface area contributed by atoms with E-state index in [-0.39, 0.29) is 11.5 Å². The largest absolute Gasteiger partial charge is 0.397 e. The average molecular weight is 458 g/mol. The van der Waals surface area contributed by atoms with E-state index in [4.69, 9.17) is 31.8 Å². The van der Waals surface area contributed by atoms with Gasteiger partial charge in [-0.3, -0.25) is 9.78 Å². The molecule has 1 saturated heterocycles. The van der Waals surface area contributed by atoms with E-state index < -0.39 is 0 Å². The van der Waals surface area contributed by atoms with E-state index >= 15 is 0 Å². The Hall–Kier alpha value is -2.19. The second-order valence-electron chi connectivity index (χ2n) is 8.57. The lowest BCUT2D eigenvalue weighted by Crippen LogP contribution is -2.40. The quantitative estimate of drug-likeness (QED) is 0.612. The smallest absolute Gasteiger partial charge is 0.266 e. The van der Waals surface area contributed by atoms with Gasteiger partial charge in [-0.2, -0.15) is 0 Å². The number of carbonyl (C=O) groups is 1. The summed E-state index contributed by atoms with van der Waals surface area (Å²) in [6, 6.07) is 7.63. The molecule has 1 aromatic carbocycles. The van der Waals surface area contributed by atoms with Crippen molar-refractivity contribution < 1.29 is 14.3 Å². The number of aromatic nitrogens is 1. The molecule has 0 bridgehead atoms. The number of amides is 1. The van der Waals surface area contributed by atoms with Gasteiger partial charge in [0.05, 0.1) is 47.2 Å². The summed E-state index contributed by atoms with van der Waals surface area (Å²) in [6.45, 7) is 6.80. The minimum atomic E-state index is -0.303. The number of rotatable bonds is 2. The number of thiophene rings is 1. The summed E-state index contributed by atoms with van der Waals surface area (Å²) in [4.78, 5) is 20.7. The van der Waals surface area contributed by atoms with Gasteiger partial charge in [-0.05, 0) is 26.0 Å². The summed E-state index contributed by atoms with van der Waals surface area (Å²) < 4.78 is 12.4. The van der Waals surface area contributed by atoms with Crippen molar-refractivity contribution in [2.24, 2.45) is 0 Å². The second-order valence-corrected chi connectivity index (χ2v) is 10.0. The third kappa shape index (κ3) is 3.69. The average Bonchev–Trinajstić information content (AvgIpc) is 3.10. The van der Waals surface area contributed by atoms with Crippen LogP contribution in [-0.2, 0) is 22.5 Å². The molecule has 2 N–H and O–H groups in total. The zero-order valence-electron chi connectivity index (χ0n) is 17.5. The molecule has 0 unspecified atom stereocenters. The number of anilines is 1. The van der Waals surface area contributed by atoms with Gasteiger partial charge in [0.15, 0.2) is 0 Å². The molecule has 4 heterocycles. The number of nitrogens with zero attached hydrogens (tertiary/aromatic N) is 2. The van der Waals surface area contributed by atoms with Gasteiger partial charge in [0.25, 0.3) is 5.91 Å². The van der Waals surface area contributed by atoms with Gasteiger partial charge in [-0.25, -0.2) is 0 Å². The first-order valence-corrected chi connectivity index (χ1v) is 11.5. The second kappa shape index (κ2) is 7.74. The fraction of sp³-hybridized carbons (Fsp3) is 0.391. The number of nitrogens with two attached hydrogens (primary N) is 1. The van der Waals surface area contributed by atoms with Gasteiger partial charge in [-0.1, -0.05) is 23.7 Å². The molecule has 0 aliphatic carbocycles. The fourth-order valence-corrected chi connectivity index (χ4v) is 5.56. The summed E-state index contributed by atoms with van der Waals surface area (Å²) in [5.41, 5.74) is 10.6. The Morgan fingerprint density at radius 3 is 2.65 bits per heavy atom. The van der Waals surface area contributed by atoms with Crippen LogP contribution >= 0.6 is 22.9 Å². The van der Waals surface area contributed by atoms with Crippen LogP contribution in [0.2, 0.25) is 5.02 Å². The van der Waals surface area contributed by atoms with Gasteiger partial charge in [0.1, 0.15) is 4.88 Å². The van der Waals surface area contributed by atoms with Crippen LogP contribution < -0.4 is 5.73 Å². The van der Waals surface area contributed by atoms with Crippen molar-refractivity contribution >= 4 is 44.6 Å². The minimum absolute atomic E-state index is 0.0464. The van der Waals surface area contributed by atoms with Crippen LogP contribution in [0, 0.1) is 0 Å². The van der Waals surface area contributed by atoms with Crippen LogP contribution in [0.3, 0.4) is 0 Å². The number of fused-ring (bicyclic) bond motifs is 3. The van der Waals surface area contributed by atoms with Gasteiger partial charge < -0.3 is 20.1 Å². The highest BCUT2D eigenvalue weighted by atomic mass is 35.5. The lowest BCUT2D eigenvalue weighted by molar-refractivity contribution is -0.0405. The number of hydrogen-bond acceptors (Lipinski definition) is 6. The van der Waals surface area contributed by atoms with Crippen LogP contribution in [0.5, 0.6) is 0 Å². The van der Waals surface area contributed by atoms with E-state index in [9.17, 15) is 4.79 Å². The van der Waals surface area contributed by atoms with E-state index in [2.05, 4.69) is 13.8 Å². The van der Waals surface area contributed by atoms with Crippen molar-refractivity contribution in [2.75, 3.05) is 32.0 Å². The highest BCUT2D eigenvalue weighted by Gasteiger charge is 2.33. The molecule has 8 heteroatoms. The maximum atomic E-state index is 13.3. The summed E-state index contributed by atoms with van der Waals surface area (Å²) >= 11 is 7.53. The maximum Gasteiger partial charge on any atom is 0.266 e. The third-order valence-corrected chi connectivity index (χ3v) is 7.32. The molecule has 2 aromatic heterocycles. The number of pyridine rings is 1. The Morgan fingerprint density at radius 1 is 1.23 bits per heavy atom. The number of hydrogen-bond donors (Lipinski definition) is 1. The lowest BCUT2D eigenvalue weighted by Gasteiger charge is -2.32. The molecule has 0 radical (unpaired) electrons. The monoisotopic (exact) mass is 457 g/mol. The number of morpholine rings is 1. The number of carbonyl (C=O) groups excluding carboxylic acids is 1. The molecule has 0 atom stereocenters. The van der Waals surface area contributed by atoms with Crippen molar-refractivity contribution in [3.05, 3.63) is 45.4 Å². The van der Waals surface area contributed by atoms with E-state index in [1.807, 2.05) is 29.2 Å². The number of ether oxygens (including phenoxy) is 2. The highest BCUT2D eigenvalue weighted by Crippen LogP contribution is 2.45. The SMILES string of the molecule is CC1(C)Cc2nc(-c3ccc(Cl)cc3)c3sc(C(=O)N4CCOCC4)c(N)c3c2CO1. The van der Waals surface area contributed by atoms with Crippen molar-refractivity contribution in [3.63, 3.8) is 0 Å². The Bertz CT molecular complexity index is 1170. The standard InChI is InChI=1S/C23H24ClN3O3S/c1-23(2)11-16-15(12-30-23)17-18(25)21(22(28)27-7-9-29-10-8-27)31-20(17)19(26-16)13-3-5-14(24)6-4-13/h3-6H,7-12,25H2,1-2H3.